The molecule has 1 aromatic heterocycles. The van der Waals surface area contributed by atoms with Crippen LogP contribution in [0.15, 0.2) is 48.4 Å². The number of anilines is 1. The highest BCUT2D eigenvalue weighted by molar-refractivity contribution is 7.14. The van der Waals surface area contributed by atoms with Crippen LogP contribution in [-0.2, 0) is 9.53 Å². The number of hydrogen-bond donors (Lipinski definition) is 0. The van der Waals surface area contributed by atoms with E-state index in [2.05, 4.69) is 11.6 Å². The molecule has 1 fully saturated rings. The van der Waals surface area contributed by atoms with Crippen molar-refractivity contribution in [2.24, 2.45) is 5.92 Å². The molecule has 0 saturated carbocycles. The first-order valence-corrected chi connectivity index (χ1v) is 8.68. The summed E-state index contributed by atoms with van der Waals surface area (Å²) >= 11 is 1.50. The van der Waals surface area contributed by atoms with Gasteiger partial charge in [0.1, 0.15) is 0 Å². The second-order valence-electron chi connectivity index (χ2n) is 5.51. The molecular formula is C18H20N2O2S. The Bertz CT molecular complexity index is 663. The normalized spacial score (nSPS) is 15.3. The van der Waals surface area contributed by atoms with E-state index in [1.807, 2.05) is 35.7 Å². The SMILES string of the molecule is C=CCN(C(=O)C1CCOCC1)c1nc(-c2ccccc2)cs1. The van der Waals surface area contributed by atoms with E-state index in [-0.39, 0.29) is 11.8 Å². The predicted molar refractivity (Wildman–Crippen MR) is 93.6 cm³/mol. The Morgan fingerprint density at radius 2 is 2.09 bits per heavy atom. The van der Waals surface area contributed by atoms with E-state index in [0.29, 0.717) is 19.8 Å². The van der Waals surface area contributed by atoms with E-state index in [1.165, 1.54) is 11.3 Å². The first-order chi connectivity index (χ1) is 11.3. The predicted octanol–water partition coefficient (Wildman–Crippen LogP) is 3.76. The summed E-state index contributed by atoms with van der Waals surface area (Å²) in [6.07, 6.45) is 3.31. The van der Waals surface area contributed by atoms with Crippen LogP contribution in [0.5, 0.6) is 0 Å². The maximum atomic E-state index is 12.8. The van der Waals surface area contributed by atoms with Crippen molar-refractivity contribution in [3.8, 4) is 11.3 Å². The molecule has 2 aromatic rings. The molecule has 0 bridgehead atoms. The molecule has 4 nitrogen and oxygen atoms in total. The number of rotatable bonds is 5. The average molecular weight is 328 g/mol. The van der Waals surface area contributed by atoms with Gasteiger partial charge in [-0.2, -0.15) is 0 Å². The van der Waals surface area contributed by atoms with Gasteiger partial charge in [-0.15, -0.1) is 17.9 Å². The van der Waals surface area contributed by atoms with Crippen LogP contribution in [0.1, 0.15) is 12.8 Å². The number of carbonyl (C=O) groups excluding carboxylic acids is 1. The van der Waals surface area contributed by atoms with E-state index in [0.717, 1.165) is 29.2 Å². The molecule has 0 spiro atoms. The monoisotopic (exact) mass is 328 g/mol. The number of aromatic nitrogens is 1. The lowest BCUT2D eigenvalue weighted by Crippen LogP contribution is -2.38. The van der Waals surface area contributed by atoms with Gasteiger partial charge in [0.2, 0.25) is 5.91 Å². The van der Waals surface area contributed by atoms with Crippen molar-refractivity contribution in [2.45, 2.75) is 12.8 Å². The van der Waals surface area contributed by atoms with E-state index in [1.54, 1.807) is 11.0 Å². The van der Waals surface area contributed by atoms with Gasteiger partial charge in [-0.05, 0) is 12.8 Å². The Kier molecular flexibility index (Phi) is 5.20. The third kappa shape index (κ3) is 3.68. The summed E-state index contributed by atoms with van der Waals surface area (Å²) in [5.41, 5.74) is 1.96. The number of amides is 1. The van der Waals surface area contributed by atoms with E-state index in [4.69, 9.17) is 4.74 Å². The van der Waals surface area contributed by atoms with Crippen LogP contribution >= 0.6 is 11.3 Å². The molecule has 0 aliphatic carbocycles. The Morgan fingerprint density at radius 1 is 1.35 bits per heavy atom. The molecule has 1 aliphatic rings. The zero-order valence-corrected chi connectivity index (χ0v) is 13.8. The third-order valence-corrected chi connectivity index (χ3v) is 4.80. The highest BCUT2D eigenvalue weighted by atomic mass is 32.1. The van der Waals surface area contributed by atoms with Crippen LogP contribution in [0.3, 0.4) is 0 Å². The fourth-order valence-electron chi connectivity index (χ4n) is 2.69. The number of hydrogen-bond acceptors (Lipinski definition) is 4. The van der Waals surface area contributed by atoms with Gasteiger partial charge in [-0.25, -0.2) is 4.98 Å². The van der Waals surface area contributed by atoms with E-state index >= 15 is 0 Å². The van der Waals surface area contributed by atoms with Crippen molar-refractivity contribution in [3.63, 3.8) is 0 Å². The summed E-state index contributed by atoms with van der Waals surface area (Å²) in [6, 6.07) is 10.0. The number of ether oxygens (including phenoxy) is 1. The standard InChI is InChI=1S/C18H20N2O2S/c1-2-10-20(17(21)15-8-11-22-12-9-15)18-19-16(13-23-18)14-6-4-3-5-7-14/h2-7,13,15H,1,8-12H2. The number of benzene rings is 1. The smallest absolute Gasteiger partial charge is 0.232 e. The van der Waals surface area contributed by atoms with Crippen molar-refractivity contribution in [3.05, 3.63) is 48.4 Å². The summed E-state index contributed by atoms with van der Waals surface area (Å²) in [7, 11) is 0. The van der Waals surface area contributed by atoms with E-state index in [9.17, 15) is 4.79 Å². The third-order valence-electron chi connectivity index (χ3n) is 3.94. The lowest BCUT2D eigenvalue weighted by Gasteiger charge is -2.27. The van der Waals surface area contributed by atoms with Crippen molar-refractivity contribution in [2.75, 3.05) is 24.7 Å². The molecule has 0 N–H and O–H groups in total. The minimum absolute atomic E-state index is 0.0211. The van der Waals surface area contributed by atoms with Gasteiger partial charge >= 0.3 is 0 Å². The van der Waals surface area contributed by atoms with Gasteiger partial charge in [-0.1, -0.05) is 36.4 Å². The summed E-state index contributed by atoms with van der Waals surface area (Å²) < 4.78 is 5.35. The second kappa shape index (κ2) is 7.53. The van der Waals surface area contributed by atoms with Gasteiger partial charge in [0.05, 0.1) is 5.69 Å². The molecule has 1 saturated heterocycles. The van der Waals surface area contributed by atoms with Crippen LogP contribution in [-0.4, -0.2) is 30.6 Å². The Hall–Kier alpha value is -1.98. The van der Waals surface area contributed by atoms with Crippen molar-refractivity contribution >= 4 is 22.4 Å². The topological polar surface area (TPSA) is 42.4 Å². The minimum atomic E-state index is 0.0211. The molecule has 1 aliphatic heterocycles. The van der Waals surface area contributed by atoms with Crippen molar-refractivity contribution < 1.29 is 9.53 Å². The fraction of sp³-hybridized carbons (Fsp3) is 0.333. The molecule has 0 atom stereocenters. The fourth-order valence-corrected chi connectivity index (χ4v) is 3.53. The summed E-state index contributed by atoms with van der Waals surface area (Å²) in [5, 5.41) is 2.73. The van der Waals surface area contributed by atoms with Gasteiger partial charge in [0.25, 0.3) is 0 Å². The molecule has 1 amide bonds. The average Bonchev–Trinajstić information content (AvgIpc) is 3.10. The van der Waals surface area contributed by atoms with Crippen LogP contribution in [0, 0.1) is 5.92 Å². The summed E-state index contributed by atoms with van der Waals surface area (Å²) in [4.78, 5) is 19.2. The molecule has 23 heavy (non-hydrogen) atoms. The van der Waals surface area contributed by atoms with Crippen molar-refractivity contribution in [1.82, 2.24) is 4.98 Å². The lowest BCUT2D eigenvalue weighted by molar-refractivity contribution is -0.125. The number of carbonyl (C=O) groups is 1. The maximum absolute atomic E-state index is 12.8. The Labute approximate surface area is 140 Å². The zero-order chi connectivity index (χ0) is 16.1. The first kappa shape index (κ1) is 15.9. The molecular weight excluding hydrogens is 308 g/mol. The van der Waals surface area contributed by atoms with E-state index < -0.39 is 0 Å². The summed E-state index contributed by atoms with van der Waals surface area (Å²) in [5.74, 6) is 0.148. The molecule has 2 heterocycles. The molecule has 3 rings (SSSR count). The quantitative estimate of drug-likeness (QED) is 0.785. The van der Waals surface area contributed by atoms with Crippen LogP contribution in [0.2, 0.25) is 0 Å². The van der Waals surface area contributed by atoms with Crippen LogP contribution in [0.4, 0.5) is 5.13 Å². The molecule has 0 unspecified atom stereocenters. The first-order valence-electron chi connectivity index (χ1n) is 7.80. The van der Waals surface area contributed by atoms with Gasteiger partial charge < -0.3 is 4.74 Å². The Balaban J connectivity index is 1.82. The molecule has 1 aromatic carbocycles. The molecule has 5 heteroatoms. The van der Waals surface area contributed by atoms with Crippen LogP contribution in [0.25, 0.3) is 11.3 Å². The highest BCUT2D eigenvalue weighted by Crippen LogP contribution is 2.29. The summed E-state index contributed by atoms with van der Waals surface area (Å²) in [6.45, 7) is 5.58. The van der Waals surface area contributed by atoms with Crippen LogP contribution < -0.4 is 4.90 Å². The number of thiazole rings is 1. The van der Waals surface area contributed by atoms with Crippen molar-refractivity contribution in [1.29, 1.82) is 0 Å². The molecule has 120 valence electrons. The maximum Gasteiger partial charge on any atom is 0.232 e. The van der Waals surface area contributed by atoms with Gasteiger partial charge in [0, 0.05) is 36.6 Å². The second-order valence-corrected chi connectivity index (χ2v) is 6.34. The van der Waals surface area contributed by atoms with Gasteiger partial charge in [0.15, 0.2) is 5.13 Å². The highest BCUT2D eigenvalue weighted by Gasteiger charge is 2.28. The molecule has 0 radical (unpaired) electrons. The zero-order valence-electron chi connectivity index (χ0n) is 13.0. The number of nitrogens with zero attached hydrogens (tertiary/aromatic N) is 2. The minimum Gasteiger partial charge on any atom is -0.381 e. The lowest BCUT2D eigenvalue weighted by atomic mass is 9.99. The van der Waals surface area contributed by atoms with Gasteiger partial charge in [-0.3, -0.25) is 9.69 Å². The Morgan fingerprint density at radius 3 is 2.78 bits per heavy atom. The largest absolute Gasteiger partial charge is 0.381 e.